The third-order valence-electron chi connectivity index (χ3n) is 8.87. The summed E-state index contributed by atoms with van der Waals surface area (Å²) in [5.74, 6) is 0. The number of unbranched alkanes of at least 4 members (excludes halogenated alkanes) is 29. The Kier molecular flexibility index (Phi) is 33.6. The fourth-order valence-electron chi connectivity index (χ4n) is 5.99. The van der Waals surface area contributed by atoms with Crippen LogP contribution in [0.3, 0.4) is 0 Å². The molecule has 2 N–H and O–H groups in total. The molecule has 0 heterocycles. The van der Waals surface area contributed by atoms with Crippen LogP contribution in [0.1, 0.15) is 193 Å². The first-order chi connectivity index (χ1) is 19.7. The first kappa shape index (κ1) is 40.1. The number of hydrogen-bond acceptors (Lipinski definition) is 4. The summed E-state index contributed by atoms with van der Waals surface area (Å²) >= 11 is 0. The summed E-state index contributed by atoms with van der Waals surface area (Å²) in [6.45, 7) is 0.869. The lowest BCUT2D eigenvalue weighted by Crippen LogP contribution is -2.42. The zero-order chi connectivity index (χ0) is 29.2. The number of nitrogens with two attached hydrogens (primary N) is 1. The van der Waals surface area contributed by atoms with Crippen LogP contribution in [0.5, 0.6) is 0 Å². The van der Waals surface area contributed by atoms with E-state index in [1.165, 1.54) is 186 Å². The molecule has 0 fully saturated rings. The SMILES string of the molecule is CO[Si](CCCCCCCCCCCCCCCCCCCCCCCCCCCCCCCCN)(OC)OC. The van der Waals surface area contributed by atoms with Crippen molar-refractivity contribution >= 4 is 8.80 Å². The maximum Gasteiger partial charge on any atom is 0.500 e. The van der Waals surface area contributed by atoms with Gasteiger partial charge in [-0.3, -0.25) is 0 Å². The molecular weight excluding hydrogens is 510 g/mol. The van der Waals surface area contributed by atoms with Crippen LogP contribution in [0.4, 0.5) is 0 Å². The van der Waals surface area contributed by atoms with Crippen LogP contribution < -0.4 is 5.73 Å². The smallest absolute Gasteiger partial charge is 0.377 e. The van der Waals surface area contributed by atoms with E-state index in [0.29, 0.717) is 0 Å². The Bertz CT molecular complexity index is 454. The third-order valence-corrected chi connectivity index (χ3v) is 11.7. The van der Waals surface area contributed by atoms with E-state index in [0.717, 1.165) is 19.0 Å². The summed E-state index contributed by atoms with van der Waals surface area (Å²) in [4.78, 5) is 0. The van der Waals surface area contributed by atoms with Gasteiger partial charge in [-0.1, -0.05) is 180 Å². The van der Waals surface area contributed by atoms with Crippen molar-refractivity contribution in [1.82, 2.24) is 0 Å². The van der Waals surface area contributed by atoms with Crippen LogP contribution in [0.2, 0.25) is 6.04 Å². The van der Waals surface area contributed by atoms with Gasteiger partial charge in [-0.2, -0.15) is 0 Å². The van der Waals surface area contributed by atoms with Gasteiger partial charge in [-0.25, -0.2) is 0 Å². The van der Waals surface area contributed by atoms with E-state index in [1.807, 2.05) is 0 Å². The lowest BCUT2D eigenvalue weighted by atomic mass is 10.0. The molecular formula is C35H75NO3Si. The van der Waals surface area contributed by atoms with Crippen molar-refractivity contribution in [2.45, 2.75) is 199 Å². The fourth-order valence-corrected chi connectivity index (χ4v) is 7.79. The van der Waals surface area contributed by atoms with Crippen LogP contribution in [0, 0.1) is 0 Å². The van der Waals surface area contributed by atoms with E-state index in [2.05, 4.69) is 0 Å². The molecule has 0 amide bonds. The molecule has 0 aromatic rings. The van der Waals surface area contributed by atoms with Gasteiger partial charge in [0.25, 0.3) is 0 Å². The van der Waals surface area contributed by atoms with Gasteiger partial charge in [0.05, 0.1) is 0 Å². The minimum absolute atomic E-state index is 0.869. The number of hydrogen-bond donors (Lipinski definition) is 1. The van der Waals surface area contributed by atoms with Crippen molar-refractivity contribution in [3.8, 4) is 0 Å². The number of rotatable bonds is 35. The molecule has 0 aromatic carbocycles. The molecule has 0 atom stereocenters. The second-order valence-electron chi connectivity index (χ2n) is 12.4. The van der Waals surface area contributed by atoms with E-state index in [4.69, 9.17) is 19.0 Å². The zero-order valence-corrected chi connectivity index (χ0v) is 28.9. The highest BCUT2D eigenvalue weighted by atomic mass is 28.4. The molecule has 242 valence electrons. The normalized spacial score (nSPS) is 12.0. The largest absolute Gasteiger partial charge is 0.500 e. The van der Waals surface area contributed by atoms with Crippen LogP contribution in [0.25, 0.3) is 0 Å². The van der Waals surface area contributed by atoms with Crippen LogP contribution in [0.15, 0.2) is 0 Å². The minimum atomic E-state index is -2.34. The Hall–Kier alpha value is 0.0569. The average Bonchev–Trinajstić information content (AvgIpc) is 2.98. The first-order valence-electron chi connectivity index (χ1n) is 18.1. The van der Waals surface area contributed by atoms with Crippen LogP contribution in [-0.2, 0) is 13.3 Å². The summed E-state index contributed by atoms with van der Waals surface area (Å²) in [5, 5.41) is 0. The maximum atomic E-state index is 5.55. The molecule has 0 aromatic heterocycles. The highest BCUT2D eigenvalue weighted by Gasteiger charge is 2.36. The van der Waals surface area contributed by atoms with Gasteiger partial charge in [0, 0.05) is 27.4 Å². The molecule has 0 saturated carbocycles. The van der Waals surface area contributed by atoms with Crippen molar-refractivity contribution in [2.24, 2.45) is 5.73 Å². The molecule has 40 heavy (non-hydrogen) atoms. The highest BCUT2D eigenvalue weighted by Crippen LogP contribution is 2.19. The molecule has 0 radical (unpaired) electrons. The van der Waals surface area contributed by atoms with Crippen LogP contribution >= 0.6 is 0 Å². The zero-order valence-electron chi connectivity index (χ0n) is 27.9. The quantitative estimate of drug-likeness (QED) is 0.0593. The lowest BCUT2D eigenvalue weighted by Gasteiger charge is -2.24. The molecule has 5 heteroatoms. The van der Waals surface area contributed by atoms with E-state index in [1.54, 1.807) is 21.3 Å². The van der Waals surface area contributed by atoms with Gasteiger partial charge in [-0.05, 0) is 19.4 Å². The third kappa shape index (κ3) is 28.2. The summed E-state index contributed by atoms with van der Waals surface area (Å²) in [6, 6.07) is 0.939. The topological polar surface area (TPSA) is 53.7 Å². The van der Waals surface area contributed by atoms with Crippen molar-refractivity contribution < 1.29 is 13.3 Å². The summed E-state index contributed by atoms with van der Waals surface area (Å²) in [7, 11) is 2.78. The molecule has 0 unspecified atom stereocenters. The Balaban J connectivity index is 3.12. The Morgan fingerprint density at radius 3 is 0.650 bits per heavy atom. The molecule has 0 rings (SSSR count). The molecule has 4 nitrogen and oxygen atoms in total. The second kappa shape index (κ2) is 33.6. The Morgan fingerprint density at radius 2 is 0.475 bits per heavy atom. The van der Waals surface area contributed by atoms with E-state index >= 15 is 0 Å². The van der Waals surface area contributed by atoms with Gasteiger partial charge in [0.15, 0.2) is 0 Å². The van der Waals surface area contributed by atoms with Crippen LogP contribution in [-0.4, -0.2) is 36.7 Å². The minimum Gasteiger partial charge on any atom is -0.377 e. The van der Waals surface area contributed by atoms with Gasteiger partial charge < -0.3 is 19.0 Å². The predicted octanol–water partition coefficient (Wildman–Crippen LogP) is 11.5. The standard InChI is InChI=1S/C35H75NO3Si/c1-37-40(38-2,39-3)35-33-31-29-27-25-23-21-19-17-15-13-11-9-7-5-4-6-8-10-12-14-16-18-20-22-24-26-28-30-32-34-36/h4-36H2,1-3H3. The van der Waals surface area contributed by atoms with Gasteiger partial charge in [-0.15, -0.1) is 0 Å². The average molecular weight is 586 g/mol. The second-order valence-corrected chi connectivity index (χ2v) is 15.5. The molecule has 0 spiro atoms. The molecule has 0 saturated heterocycles. The van der Waals surface area contributed by atoms with Gasteiger partial charge in [0.1, 0.15) is 0 Å². The highest BCUT2D eigenvalue weighted by molar-refractivity contribution is 6.60. The van der Waals surface area contributed by atoms with Gasteiger partial charge in [0.2, 0.25) is 0 Å². The van der Waals surface area contributed by atoms with Crippen molar-refractivity contribution in [3.05, 3.63) is 0 Å². The van der Waals surface area contributed by atoms with E-state index in [-0.39, 0.29) is 0 Å². The fraction of sp³-hybridized carbons (Fsp3) is 1.00. The lowest BCUT2D eigenvalue weighted by molar-refractivity contribution is 0.122. The molecule has 0 aliphatic carbocycles. The monoisotopic (exact) mass is 586 g/mol. The summed E-state index contributed by atoms with van der Waals surface area (Å²) < 4.78 is 16.5. The molecule has 0 aliphatic rings. The van der Waals surface area contributed by atoms with E-state index < -0.39 is 8.80 Å². The van der Waals surface area contributed by atoms with Gasteiger partial charge >= 0.3 is 8.80 Å². The molecule has 0 aliphatic heterocycles. The Labute approximate surface area is 254 Å². The summed E-state index contributed by atoms with van der Waals surface area (Å²) in [5.41, 5.74) is 5.55. The summed E-state index contributed by atoms with van der Waals surface area (Å²) in [6.07, 6.45) is 42.6. The van der Waals surface area contributed by atoms with Crippen molar-refractivity contribution in [1.29, 1.82) is 0 Å². The Morgan fingerprint density at radius 1 is 0.300 bits per heavy atom. The first-order valence-corrected chi connectivity index (χ1v) is 20.0. The van der Waals surface area contributed by atoms with Crippen molar-refractivity contribution in [3.63, 3.8) is 0 Å². The predicted molar refractivity (Wildman–Crippen MR) is 179 cm³/mol. The maximum absolute atomic E-state index is 5.55. The molecule has 0 bridgehead atoms. The van der Waals surface area contributed by atoms with E-state index in [9.17, 15) is 0 Å². The van der Waals surface area contributed by atoms with Crippen molar-refractivity contribution in [2.75, 3.05) is 27.9 Å².